The Morgan fingerprint density at radius 2 is 1.89 bits per heavy atom. The topological polar surface area (TPSA) is 103 Å². The summed E-state index contributed by atoms with van der Waals surface area (Å²) < 4.78 is 0. The summed E-state index contributed by atoms with van der Waals surface area (Å²) in [5.41, 5.74) is 2.94. The number of hydrogen-bond donors (Lipinski definition) is 2. The molecule has 1 saturated carbocycles. The first kappa shape index (κ1) is 26.3. The molecule has 2 fully saturated rings. The van der Waals surface area contributed by atoms with Crippen LogP contribution in [0.5, 0.6) is 0 Å². The third-order valence-corrected chi connectivity index (χ3v) is 8.52. The van der Waals surface area contributed by atoms with Gasteiger partial charge in [0, 0.05) is 37.1 Å². The number of aromatic nitrogens is 1. The Kier molecular flexibility index (Phi) is 8.34. The first-order chi connectivity index (χ1) is 18.5. The van der Waals surface area contributed by atoms with Gasteiger partial charge in [-0.3, -0.25) is 19.3 Å². The molecule has 0 unspecified atom stereocenters. The van der Waals surface area contributed by atoms with Gasteiger partial charge in [0.2, 0.25) is 5.91 Å². The van der Waals surface area contributed by atoms with Crippen molar-refractivity contribution < 1.29 is 19.5 Å². The molecule has 38 heavy (non-hydrogen) atoms. The second kappa shape index (κ2) is 12.0. The van der Waals surface area contributed by atoms with Crippen LogP contribution in [0.1, 0.15) is 54.4 Å². The number of rotatable bonds is 9. The average Bonchev–Trinajstić information content (AvgIpc) is 3.45. The summed E-state index contributed by atoms with van der Waals surface area (Å²) in [6.07, 6.45) is 7.34. The molecular formula is C29H34N4O4S. The quantitative estimate of drug-likeness (QED) is 0.422. The van der Waals surface area contributed by atoms with Crippen molar-refractivity contribution in [3.8, 4) is 10.6 Å². The molecular weight excluding hydrogens is 500 g/mol. The van der Waals surface area contributed by atoms with Gasteiger partial charge in [0.05, 0.1) is 28.2 Å². The molecule has 0 bridgehead atoms. The number of nitrogens with zero attached hydrogens (tertiary/aromatic N) is 3. The minimum absolute atomic E-state index is 0.104. The lowest BCUT2D eigenvalue weighted by Gasteiger charge is -2.34. The van der Waals surface area contributed by atoms with Crippen molar-refractivity contribution in [2.45, 2.75) is 45.1 Å². The van der Waals surface area contributed by atoms with Crippen molar-refractivity contribution in [3.63, 3.8) is 0 Å². The fraction of sp³-hybridized carbons (Fsp3) is 0.448. The molecule has 0 radical (unpaired) electrons. The molecule has 3 heterocycles. The van der Waals surface area contributed by atoms with Gasteiger partial charge in [-0.25, -0.2) is 4.98 Å². The Bertz CT molecular complexity index is 1300. The second-order valence-corrected chi connectivity index (χ2v) is 11.2. The van der Waals surface area contributed by atoms with Crippen LogP contribution in [-0.2, 0) is 16.1 Å². The van der Waals surface area contributed by atoms with Gasteiger partial charge in [-0.2, -0.15) is 0 Å². The monoisotopic (exact) mass is 534 g/mol. The van der Waals surface area contributed by atoms with E-state index in [9.17, 15) is 14.4 Å². The molecule has 200 valence electrons. The number of fused-ring (bicyclic) bond motifs is 1. The first-order valence-corrected chi connectivity index (χ1v) is 14.3. The molecule has 1 aromatic carbocycles. The van der Waals surface area contributed by atoms with Gasteiger partial charge in [-0.15, -0.1) is 11.3 Å². The number of piperazine rings is 1. The highest BCUT2D eigenvalue weighted by Crippen LogP contribution is 2.34. The van der Waals surface area contributed by atoms with Gasteiger partial charge in [0.1, 0.15) is 6.54 Å². The fourth-order valence-electron chi connectivity index (χ4n) is 5.68. The molecule has 3 aromatic rings. The highest BCUT2D eigenvalue weighted by atomic mass is 32.1. The Morgan fingerprint density at radius 1 is 1.08 bits per heavy atom. The van der Waals surface area contributed by atoms with Crippen LogP contribution in [0, 0.1) is 5.92 Å². The Labute approximate surface area is 226 Å². The molecule has 5 rings (SSSR count). The number of thiophene rings is 1. The van der Waals surface area contributed by atoms with Gasteiger partial charge in [-0.1, -0.05) is 56.4 Å². The fourth-order valence-corrected chi connectivity index (χ4v) is 6.42. The van der Waals surface area contributed by atoms with Crippen LogP contribution < -0.4 is 5.32 Å². The van der Waals surface area contributed by atoms with E-state index in [0.717, 1.165) is 33.5 Å². The molecule has 0 atom stereocenters. The molecule has 2 N–H and O–H groups in total. The first-order valence-electron chi connectivity index (χ1n) is 13.4. The number of carbonyl (C=O) groups is 3. The number of amides is 2. The lowest BCUT2D eigenvalue weighted by Crippen LogP contribution is -2.51. The molecule has 1 aliphatic carbocycles. The predicted octanol–water partition coefficient (Wildman–Crippen LogP) is 4.39. The number of hydrogen-bond acceptors (Lipinski definition) is 6. The SMILES string of the molecule is O=C(O)CN1CCN(Cc2c(-c3cccs3)nc3ccccc3c2C(=O)NCCC2CCCCC2)CC1=O. The van der Waals surface area contributed by atoms with Crippen LogP contribution in [0.2, 0.25) is 0 Å². The molecule has 8 nitrogen and oxygen atoms in total. The summed E-state index contributed by atoms with van der Waals surface area (Å²) in [6, 6.07) is 11.7. The van der Waals surface area contributed by atoms with Crippen molar-refractivity contribution in [2.75, 3.05) is 32.7 Å². The van der Waals surface area contributed by atoms with E-state index < -0.39 is 5.97 Å². The minimum atomic E-state index is -1.02. The summed E-state index contributed by atoms with van der Waals surface area (Å²) in [5, 5.41) is 15.1. The number of para-hydroxylation sites is 1. The largest absolute Gasteiger partial charge is 0.480 e. The molecule has 9 heteroatoms. The van der Waals surface area contributed by atoms with E-state index in [2.05, 4.69) is 5.32 Å². The number of nitrogens with one attached hydrogen (secondary N) is 1. The van der Waals surface area contributed by atoms with Crippen LogP contribution >= 0.6 is 11.3 Å². The van der Waals surface area contributed by atoms with Gasteiger partial charge in [-0.05, 0) is 29.9 Å². The van der Waals surface area contributed by atoms with Crippen molar-refractivity contribution in [3.05, 3.63) is 52.9 Å². The van der Waals surface area contributed by atoms with Crippen LogP contribution in [0.3, 0.4) is 0 Å². The van der Waals surface area contributed by atoms with Crippen molar-refractivity contribution in [2.24, 2.45) is 5.92 Å². The molecule has 2 aliphatic rings. The number of pyridine rings is 1. The van der Waals surface area contributed by atoms with Crippen molar-refractivity contribution in [1.82, 2.24) is 20.1 Å². The van der Waals surface area contributed by atoms with E-state index in [4.69, 9.17) is 10.1 Å². The van der Waals surface area contributed by atoms with E-state index in [1.807, 2.05) is 46.7 Å². The van der Waals surface area contributed by atoms with Crippen molar-refractivity contribution in [1.29, 1.82) is 0 Å². The minimum Gasteiger partial charge on any atom is -0.480 e. The van der Waals surface area contributed by atoms with E-state index in [0.29, 0.717) is 37.7 Å². The number of carboxylic acids is 1. The smallest absolute Gasteiger partial charge is 0.323 e. The van der Waals surface area contributed by atoms with Gasteiger partial charge < -0.3 is 15.3 Å². The Hall–Kier alpha value is -3.30. The zero-order chi connectivity index (χ0) is 26.5. The number of carbonyl (C=O) groups excluding carboxylic acids is 2. The van der Waals surface area contributed by atoms with Crippen LogP contribution in [0.25, 0.3) is 21.5 Å². The molecule has 2 amide bonds. The second-order valence-electron chi connectivity index (χ2n) is 10.3. The van der Waals surface area contributed by atoms with Gasteiger partial charge >= 0.3 is 5.97 Å². The maximum atomic E-state index is 13.8. The maximum absolute atomic E-state index is 13.8. The molecule has 1 aliphatic heterocycles. The Balaban J connectivity index is 1.46. The van der Waals surface area contributed by atoms with E-state index in [1.165, 1.54) is 37.0 Å². The number of aliphatic carboxylic acids is 1. The summed E-state index contributed by atoms with van der Waals surface area (Å²) in [7, 11) is 0. The Morgan fingerprint density at radius 3 is 2.63 bits per heavy atom. The van der Waals surface area contributed by atoms with Gasteiger partial charge in [0.15, 0.2) is 0 Å². The predicted molar refractivity (Wildman–Crippen MR) is 148 cm³/mol. The zero-order valence-corrected chi connectivity index (χ0v) is 22.3. The van der Waals surface area contributed by atoms with E-state index in [1.54, 1.807) is 11.3 Å². The van der Waals surface area contributed by atoms with E-state index >= 15 is 0 Å². The third kappa shape index (κ3) is 6.05. The normalized spacial score (nSPS) is 17.2. The van der Waals surface area contributed by atoms with Crippen LogP contribution in [0.15, 0.2) is 41.8 Å². The molecule has 2 aromatic heterocycles. The van der Waals surface area contributed by atoms with Crippen molar-refractivity contribution >= 4 is 40.0 Å². The molecule has 0 spiro atoms. The van der Waals surface area contributed by atoms with Crippen LogP contribution in [-0.4, -0.2) is 70.4 Å². The van der Waals surface area contributed by atoms with E-state index in [-0.39, 0.29) is 24.9 Å². The summed E-state index contributed by atoms with van der Waals surface area (Å²) >= 11 is 1.57. The number of benzene rings is 1. The molecule has 1 saturated heterocycles. The zero-order valence-electron chi connectivity index (χ0n) is 21.5. The number of carboxylic acid groups (broad SMARTS) is 1. The maximum Gasteiger partial charge on any atom is 0.323 e. The summed E-state index contributed by atoms with van der Waals surface area (Å²) in [6.45, 7) is 1.69. The summed E-state index contributed by atoms with van der Waals surface area (Å²) in [5.74, 6) is -0.670. The van der Waals surface area contributed by atoms with Crippen LogP contribution in [0.4, 0.5) is 0 Å². The average molecular weight is 535 g/mol. The van der Waals surface area contributed by atoms with Gasteiger partial charge in [0.25, 0.3) is 5.91 Å². The lowest BCUT2D eigenvalue weighted by atomic mass is 9.87. The standard InChI is InChI=1S/C29H34N4O4S/c34-25-18-32(14-15-33(25)19-26(35)36)17-22-27(29(37)30-13-12-20-7-2-1-3-8-20)21-9-4-5-10-23(21)31-28(22)24-11-6-16-38-24/h4-6,9-11,16,20H,1-3,7-8,12-15,17-19H2,(H,30,37)(H,35,36). The highest BCUT2D eigenvalue weighted by Gasteiger charge is 2.29. The third-order valence-electron chi connectivity index (χ3n) is 7.64. The highest BCUT2D eigenvalue weighted by molar-refractivity contribution is 7.13. The lowest BCUT2D eigenvalue weighted by molar-refractivity contribution is -0.147. The summed E-state index contributed by atoms with van der Waals surface area (Å²) in [4.78, 5) is 47.0.